The Kier molecular flexibility index (Phi) is 8.93. The maximum Gasteiger partial charge on any atom is 0.416 e. The van der Waals surface area contributed by atoms with Crippen molar-refractivity contribution in [3.63, 3.8) is 0 Å². The predicted octanol–water partition coefficient (Wildman–Crippen LogP) is 4.81. The highest BCUT2D eigenvalue weighted by molar-refractivity contribution is 5.93. The van der Waals surface area contributed by atoms with Crippen LogP contribution in [0, 0.1) is 5.92 Å². The van der Waals surface area contributed by atoms with Crippen LogP contribution in [0.15, 0.2) is 35.4 Å². The Bertz CT molecular complexity index is 1040. The van der Waals surface area contributed by atoms with Gasteiger partial charge in [-0.05, 0) is 68.7 Å². The minimum absolute atomic E-state index is 0.0582. The third-order valence-corrected chi connectivity index (χ3v) is 6.25. The lowest BCUT2D eigenvalue weighted by atomic mass is 9.88. The molecule has 1 saturated carbocycles. The average Bonchev–Trinajstić information content (AvgIpc) is 3.68. The number of anilines is 1. The van der Waals surface area contributed by atoms with Gasteiger partial charge in [0.05, 0.1) is 24.4 Å². The van der Waals surface area contributed by atoms with E-state index in [1.165, 1.54) is 12.8 Å². The molecule has 192 valence electrons. The number of nitrogens with one attached hydrogen (secondary N) is 2. The van der Waals surface area contributed by atoms with E-state index in [1.54, 1.807) is 25.3 Å². The number of hydrogen-bond donors (Lipinski definition) is 2. The van der Waals surface area contributed by atoms with Crippen molar-refractivity contribution in [2.24, 2.45) is 5.92 Å². The van der Waals surface area contributed by atoms with E-state index in [0.29, 0.717) is 49.5 Å². The molecule has 2 aliphatic rings. The van der Waals surface area contributed by atoms with Crippen molar-refractivity contribution in [2.75, 3.05) is 25.0 Å². The van der Waals surface area contributed by atoms with Crippen LogP contribution in [0.2, 0.25) is 0 Å². The van der Waals surface area contributed by atoms with E-state index in [1.807, 2.05) is 18.7 Å². The number of carbonyl (C=O) groups excluding carboxylic acids is 1. The molecular weight excluding hydrogens is 461 g/mol. The second-order valence-electron chi connectivity index (χ2n) is 8.80. The lowest BCUT2D eigenvalue weighted by Gasteiger charge is -2.36. The van der Waals surface area contributed by atoms with Gasteiger partial charge in [-0.15, -0.1) is 0 Å². The van der Waals surface area contributed by atoms with Crippen molar-refractivity contribution in [2.45, 2.75) is 64.6 Å². The molecule has 7 nitrogen and oxygen atoms in total. The smallest absolute Gasteiger partial charge is 0.416 e. The van der Waals surface area contributed by atoms with E-state index in [2.05, 4.69) is 15.3 Å². The molecule has 0 spiro atoms. The molecule has 1 amide bonds. The van der Waals surface area contributed by atoms with Crippen molar-refractivity contribution in [1.82, 2.24) is 14.9 Å². The van der Waals surface area contributed by atoms with Gasteiger partial charge in [0.1, 0.15) is 11.6 Å². The highest BCUT2D eigenvalue weighted by Gasteiger charge is 2.37. The lowest BCUT2D eigenvalue weighted by molar-refractivity contribution is -0.138. The van der Waals surface area contributed by atoms with Crippen LogP contribution in [0.1, 0.15) is 63.5 Å². The van der Waals surface area contributed by atoms with E-state index >= 15 is 0 Å². The number of carbonyl (C=O) groups is 1. The molecule has 0 bridgehead atoms. The van der Waals surface area contributed by atoms with Crippen molar-refractivity contribution < 1.29 is 22.7 Å². The van der Waals surface area contributed by atoms with Gasteiger partial charge in [0.2, 0.25) is 11.5 Å². The van der Waals surface area contributed by atoms with Gasteiger partial charge >= 0.3 is 6.18 Å². The second kappa shape index (κ2) is 11.7. The zero-order valence-electron chi connectivity index (χ0n) is 20.3. The number of H-pyrrole nitrogens is 1. The first-order chi connectivity index (χ1) is 16.7. The SMILES string of the molecule is CC.CC(C(=O)Nc1ccc(OCC2CC2)cn1)N1CCCC(c2c[nH]c(=O)cc2C(F)(F)F)C1. The number of pyridine rings is 2. The minimum Gasteiger partial charge on any atom is -0.492 e. The van der Waals surface area contributed by atoms with Gasteiger partial charge in [0.15, 0.2) is 0 Å². The zero-order chi connectivity index (χ0) is 25.6. The molecular formula is C25H33F3N4O3. The Morgan fingerprint density at radius 3 is 2.66 bits per heavy atom. The quantitative estimate of drug-likeness (QED) is 0.577. The fourth-order valence-corrected chi connectivity index (χ4v) is 4.11. The monoisotopic (exact) mass is 494 g/mol. The van der Waals surface area contributed by atoms with Gasteiger partial charge in [0.25, 0.3) is 0 Å². The first-order valence-corrected chi connectivity index (χ1v) is 12.1. The molecule has 2 fully saturated rings. The Labute approximate surface area is 203 Å². The van der Waals surface area contributed by atoms with Crippen molar-refractivity contribution in [3.05, 3.63) is 52.1 Å². The summed E-state index contributed by atoms with van der Waals surface area (Å²) < 4.78 is 46.1. The second-order valence-corrected chi connectivity index (χ2v) is 8.80. The Balaban J connectivity index is 0.00000167. The molecule has 2 unspecified atom stereocenters. The third kappa shape index (κ3) is 7.30. The zero-order valence-corrected chi connectivity index (χ0v) is 20.3. The first-order valence-electron chi connectivity index (χ1n) is 12.1. The fourth-order valence-electron chi connectivity index (χ4n) is 4.11. The van der Waals surface area contributed by atoms with Crippen LogP contribution in [0.3, 0.4) is 0 Å². The number of nitrogens with zero attached hydrogens (tertiary/aromatic N) is 2. The van der Waals surface area contributed by atoms with Crippen LogP contribution in [0.4, 0.5) is 19.0 Å². The highest BCUT2D eigenvalue weighted by Crippen LogP contribution is 2.37. The number of hydrogen-bond acceptors (Lipinski definition) is 5. The summed E-state index contributed by atoms with van der Waals surface area (Å²) in [5.74, 6) is 0.935. The molecule has 3 heterocycles. The Morgan fingerprint density at radius 1 is 1.29 bits per heavy atom. The number of rotatable bonds is 7. The number of aromatic nitrogens is 2. The van der Waals surface area contributed by atoms with E-state index < -0.39 is 29.3 Å². The van der Waals surface area contributed by atoms with Gasteiger partial charge in [0, 0.05) is 18.8 Å². The largest absolute Gasteiger partial charge is 0.492 e. The van der Waals surface area contributed by atoms with Gasteiger partial charge in [-0.1, -0.05) is 13.8 Å². The van der Waals surface area contributed by atoms with E-state index in [-0.39, 0.29) is 18.0 Å². The van der Waals surface area contributed by atoms with Crippen LogP contribution in [-0.4, -0.2) is 46.5 Å². The molecule has 0 aromatic carbocycles. The summed E-state index contributed by atoms with van der Waals surface area (Å²) in [4.78, 5) is 32.7. The standard InChI is InChI=1S/C23H27F3N4O3.C2H6/c1-14(22(32)29-20-7-6-17(10-27-20)33-13-15-4-5-15)30-8-2-3-16(12-30)18-11-28-21(31)9-19(18)23(24,25)26;1-2/h6-7,9-11,14-16H,2-5,8,12-13H2,1H3,(H,28,31)(H,27,29,32);1-2H3. The molecule has 1 aliphatic carbocycles. The topological polar surface area (TPSA) is 87.3 Å². The summed E-state index contributed by atoms with van der Waals surface area (Å²) in [6.45, 7) is 7.27. The average molecular weight is 495 g/mol. The normalized spacial score (nSPS) is 19.3. The molecule has 2 atom stereocenters. The molecule has 10 heteroatoms. The molecule has 35 heavy (non-hydrogen) atoms. The minimum atomic E-state index is -4.62. The van der Waals surface area contributed by atoms with Crippen molar-refractivity contribution in [1.29, 1.82) is 0 Å². The summed E-state index contributed by atoms with van der Waals surface area (Å²) in [5.41, 5.74) is -1.64. The number of ether oxygens (including phenoxy) is 1. The van der Waals surface area contributed by atoms with Gasteiger partial charge in [-0.25, -0.2) is 4.98 Å². The summed E-state index contributed by atoms with van der Waals surface area (Å²) in [7, 11) is 0. The number of piperidine rings is 1. The van der Waals surface area contributed by atoms with Crippen LogP contribution in [0.25, 0.3) is 0 Å². The number of likely N-dealkylation sites (tertiary alicyclic amines) is 1. The van der Waals surface area contributed by atoms with Gasteiger partial charge in [-0.2, -0.15) is 13.2 Å². The van der Waals surface area contributed by atoms with Gasteiger partial charge < -0.3 is 15.0 Å². The van der Waals surface area contributed by atoms with E-state index in [4.69, 9.17) is 4.74 Å². The summed E-state index contributed by atoms with van der Waals surface area (Å²) >= 11 is 0. The van der Waals surface area contributed by atoms with E-state index in [0.717, 1.165) is 6.20 Å². The third-order valence-electron chi connectivity index (χ3n) is 6.25. The first kappa shape index (κ1) is 26.7. The van der Waals surface area contributed by atoms with Crippen LogP contribution >= 0.6 is 0 Å². The lowest BCUT2D eigenvalue weighted by Crippen LogP contribution is -2.46. The Morgan fingerprint density at radius 2 is 2.03 bits per heavy atom. The number of alkyl halides is 3. The molecule has 1 aliphatic heterocycles. The predicted molar refractivity (Wildman–Crippen MR) is 128 cm³/mol. The summed E-state index contributed by atoms with van der Waals surface area (Å²) in [6.07, 6.45) is 1.67. The van der Waals surface area contributed by atoms with Crippen molar-refractivity contribution in [3.8, 4) is 5.75 Å². The maximum absolute atomic E-state index is 13.5. The molecule has 4 rings (SSSR count). The highest BCUT2D eigenvalue weighted by atomic mass is 19.4. The fraction of sp³-hybridized carbons (Fsp3) is 0.560. The summed E-state index contributed by atoms with van der Waals surface area (Å²) in [6, 6.07) is 3.47. The number of amides is 1. The maximum atomic E-state index is 13.5. The molecule has 2 aromatic rings. The van der Waals surface area contributed by atoms with Crippen LogP contribution in [-0.2, 0) is 11.0 Å². The molecule has 1 saturated heterocycles. The van der Waals surface area contributed by atoms with Crippen LogP contribution < -0.4 is 15.6 Å². The molecule has 0 radical (unpaired) electrons. The summed E-state index contributed by atoms with van der Waals surface area (Å²) in [5, 5.41) is 2.77. The van der Waals surface area contributed by atoms with Crippen molar-refractivity contribution >= 4 is 11.7 Å². The van der Waals surface area contributed by atoms with E-state index in [9.17, 15) is 22.8 Å². The van der Waals surface area contributed by atoms with Gasteiger partial charge in [-0.3, -0.25) is 14.5 Å². The number of aromatic amines is 1. The Hall–Kier alpha value is -2.88. The molecule has 2 aromatic heterocycles. The van der Waals surface area contributed by atoms with Crippen LogP contribution in [0.5, 0.6) is 5.75 Å². The number of halogens is 3. The molecule has 2 N–H and O–H groups in total.